The minimum Gasteiger partial charge on any atom is -0.296 e. The highest BCUT2D eigenvalue weighted by Gasteiger charge is 2.49. The van der Waals surface area contributed by atoms with Gasteiger partial charge in [-0.25, -0.2) is 9.69 Å². The van der Waals surface area contributed by atoms with Crippen molar-refractivity contribution < 1.29 is 0 Å². The van der Waals surface area contributed by atoms with Crippen LogP contribution in [-0.4, -0.2) is 45.5 Å². The molecule has 0 aromatic carbocycles. The molecule has 4 heterocycles. The SMILES string of the molecule is [C-]#[N+]c1cncc(C2(C#N)C[C@@H]3CC[C@@H](C3)C2)c1.[C-]#[N+]c1cncc(C2(C#N)C[C@H]3CC[C@@H](C2)N3CCSC)c1. The Bertz CT molecular complexity index is 1370. The summed E-state index contributed by atoms with van der Waals surface area (Å²) in [5.74, 6) is 2.54. The van der Waals surface area contributed by atoms with Crippen LogP contribution in [0.15, 0.2) is 36.9 Å². The fourth-order valence-corrected chi connectivity index (χ4v) is 8.20. The van der Waals surface area contributed by atoms with Crippen molar-refractivity contribution in [1.82, 2.24) is 14.9 Å². The van der Waals surface area contributed by atoms with Crippen molar-refractivity contribution in [3.05, 3.63) is 70.9 Å². The number of rotatable bonds is 5. The van der Waals surface area contributed by atoms with Crippen molar-refractivity contribution >= 4 is 23.1 Å². The second-order valence-corrected chi connectivity index (χ2v) is 12.9. The van der Waals surface area contributed by atoms with Gasteiger partial charge in [-0.15, -0.1) is 0 Å². The van der Waals surface area contributed by atoms with E-state index in [1.54, 1.807) is 24.8 Å². The maximum atomic E-state index is 9.91. The summed E-state index contributed by atoms with van der Waals surface area (Å²) in [5, 5.41) is 19.6. The van der Waals surface area contributed by atoms with Crippen LogP contribution in [0.25, 0.3) is 9.69 Å². The molecule has 2 saturated carbocycles. The molecule has 2 aromatic rings. The summed E-state index contributed by atoms with van der Waals surface area (Å²) in [6.45, 7) is 15.4. The van der Waals surface area contributed by atoms with Crippen LogP contribution in [0.3, 0.4) is 0 Å². The second-order valence-electron chi connectivity index (χ2n) is 12.0. The predicted molar refractivity (Wildman–Crippen MR) is 157 cm³/mol. The lowest BCUT2D eigenvalue weighted by molar-refractivity contribution is 0.113. The van der Waals surface area contributed by atoms with E-state index in [9.17, 15) is 10.5 Å². The quantitative estimate of drug-likeness (QED) is 0.374. The highest BCUT2D eigenvalue weighted by atomic mass is 32.2. The Morgan fingerprint density at radius 2 is 1.35 bits per heavy atom. The predicted octanol–water partition coefficient (Wildman–Crippen LogP) is 6.99. The lowest BCUT2D eigenvalue weighted by atomic mass is 9.66. The highest BCUT2D eigenvalue weighted by Crippen LogP contribution is 2.52. The first-order valence-electron chi connectivity index (χ1n) is 14.2. The number of thioether (sulfide) groups is 1. The zero-order chi connectivity index (χ0) is 28.2. The van der Waals surface area contributed by atoms with Gasteiger partial charge in [0.25, 0.3) is 0 Å². The molecule has 0 N–H and O–H groups in total. The van der Waals surface area contributed by atoms with Gasteiger partial charge in [-0.05, 0) is 86.3 Å². The van der Waals surface area contributed by atoms with Crippen LogP contribution < -0.4 is 0 Å². The first-order chi connectivity index (χ1) is 19.5. The molecule has 40 heavy (non-hydrogen) atoms. The third-order valence-electron chi connectivity index (χ3n) is 9.66. The third-order valence-corrected chi connectivity index (χ3v) is 10.2. The molecular formula is C32H35N7S. The molecule has 2 unspecified atom stereocenters. The van der Waals surface area contributed by atoms with Crippen LogP contribution >= 0.6 is 11.8 Å². The van der Waals surface area contributed by atoms with Gasteiger partial charge in [-0.3, -0.25) is 14.9 Å². The van der Waals surface area contributed by atoms with Gasteiger partial charge in [0.1, 0.15) is 0 Å². The van der Waals surface area contributed by atoms with E-state index in [2.05, 4.69) is 43.0 Å². The third kappa shape index (κ3) is 5.45. The van der Waals surface area contributed by atoms with Crippen LogP contribution in [0.5, 0.6) is 0 Å². The molecule has 8 heteroatoms. The number of pyridine rings is 2. The number of nitriles is 2. The van der Waals surface area contributed by atoms with Crippen molar-refractivity contribution in [3.63, 3.8) is 0 Å². The second kappa shape index (κ2) is 12.0. The van der Waals surface area contributed by atoms with Gasteiger partial charge in [0.15, 0.2) is 0 Å². The molecule has 4 fully saturated rings. The Kier molecular flexibility index (Phi) is 8.42. The van der Waals surface area contributed by atoms with Crippen molar-refractivity contribution in [2.75, 3.05) is 18.6 Å². The zero-order valence-corrected chi connectivity index (χ0v) is 23.9. The topological polar surface area (TPSA) is 85.3 Å². The number of hydrogen-bond donors (Lipinski definition) is 0. The molecule has 0 amide bonds. The molecule has 2 aliphatic heterocycles. The van der Waals surface area contributed by atoms with Gasteiger partial charge in [0, 0.05) is 49.2 Å². The maximum absolute atomic E-state index is 9.91. The lowest BCUT2D eigenvalue weighted by Crippen LogP contribution is -2.49. The fourth-order valence-electron chi connectivity index (χ4n) is 7.81. The molecule has 2 aromatic heterocycles. The average molecular weight is 550 g/mol. The minimum atomic E-state index is -0.463. The maximum Gasteiger partial charge on any atom is 0.205 e. The molecule has 6 rings (SSSR count). The van der Waals surface area contributed by atoms with Gasteiger partial charge in [-0.2, -0.15) is 22.3 Å². The van der Waals surface area contributed by atoms with Gasteiger partial charge < -0.3 is 0 Å². The van der Waals surface area contributed by atoms with E-state index in [1.807, 2.05) is 23.9 Å². The number of nitrogens with zero attached hydrogens (tertiary/aromatic N) is 7. The summed E-state index contributed by atoms with van der Waals surface area (Å²) in [6, 6.07) is 9.85. The Balaban J connectivity index is 0.000000164. The molecule has 2 aliphatic carbocycles. The van der Waals surface area contributed by atoms with E-state index in [0.717, 1.165) is 49.1 Å². The van der Waals surface area contributed by atoms with Crippen molar-refractivity contribution in [2.45, 2.75) is 80.7 Å². The van der Waals surface area contributed by atoms with Crippen molar-refractivity contribution in [1.29, 1.82) is 10.5 Å². The number of aromatic nitrogens is 2. The van der Waals surface area contributed by atoms with Gasteiger partial charge in [-0.1, -0.05) is 12.8 Å². The Morgan fingerprint density at radius 1 is 0.850 bits per heavy atom. The molecular weight excluding hydrogens is 514 g/mol. The summed E-state index contributed by atoms with van der Waals surface area (Å²) in [7, 11) is 0. The molecule has 2 saturated heterocycles. The molecule has 4 aliphatic rings. The van der Waals surface area contributed by atoms with E-state index >= 15 is 0 Å². The molecule has 204 valence electrons. The fraction of sp³-hybridized carbons (Fsp3) is 0.562. The zero-order valence-electron chi connectivity index (χ0n) is 23.1. The molecule has 4 bridgehead atoms. The lowest BCUT2D eigenvalue weighted by Gasteiger charge is -2.43. The molecule has 0 spiro atoms. The van der Waals surface area contributed by atoms with Crippen LogP contribution in [0.4, 0.5) is 11.4 Å². The van der Waals surface area contributed by atoms with Gasteiger partial charge in [0.05, 0.1) is 36.1 Å². The average Bonchev–Trinajstić information content (AvgIpc) is 3.48. The summed E-state index contributed by atoms with van der Waals surface area (Å²) in [5.41, 5.74) is 2.11. The van der Waals surface area contributed by atoms with Crippen molar-refractivity contribution in [2.24, 2.45) is 11.8 Å². The normalized spacial score (nSPS) is 32.0. The van der Waals surface area contributed by atoms with Crippen LogP contribution in [0.1, 0.15) is 68.9 Å². The summed E-state index contributed by atoms with van der Waals surface area (Å²) in [6.07, 6.45) is 18.7. The number of fused-ring (bicyclic) bond motifs is 4. The van der Waals surface area contributed by atoms with E-state index in [1.165, 1.54) is 32.1 Å². The van der Waals surface area contributed by atoms with E-state index in [-0.39, 0.29) is 0 Å². The van der Waals surface area contributed by atoms with Crippen molar-refractivity contribution in [3.8, 4) is 12.1 Å². The van der Waals surface area contributed by atoms with Gasteiger partial charge in [0.2, 0.25) is 11.4 Å². The monoisotopic (exact) mass is 549 g/mol. The van der Waals surface area contributed by atoms with E-state index < -0.39 is 10.8 Å². The van der Waals surface area contributed by atoms with Crippen LogP contribution in [0, 0.1) is 47.6 Å². The summed E-state index contributed by atoms with van der Waals surface area (Å²) >= 11 is 1.88. The first kappa shape index (κ1) is 28.1. The minimum absolute atomic E-state index is 0.391. The Morgan fingerprint density at radius 3 is 1.80 bits per heavy atom. The molecule has 0 radical (unpaired) electrons. The first-order valence-corrected chi connectivity index (χ1v) is 15.6. The number of piperidine rings is 1. The molecule has 6 atom stereocenters. The van der Waals surface area contributed by atoms with Gasteiger partial charge >= 0.3 is 0 Å². The number of hydrogen-bond acceptors (Lipinski definition) is 6. The standard InChI is InChI=1S/C17H20N4S.C15H15N3/c1-19-14-7-13(10-20-11-14)17(12-18)8-15-3-4-16(9-17)21(15)5-6-22-2;1-17-14-5-13(8-18-9-14)15(10-16)6-11-2-3-12(4-11)7-15/h7,10-11,15-16H,3-6,8-9H2,2H3;5,8-9,11-12H,2-4,6-7H2/t15-,16+,17?;11-,12+,15?. The Hall–Kier alpha value is -3.43. The highest BCUT2D eigenvalue weighted by molar-refractivity contribution is 7.98. The van der Waals surface area contributed by atoms with Crippen LogP contribution in [0.2, 0.25) is 0 Å². The Labute approximate surface area is 242 Å². The summed E-state index contributed by atoms with van der Waals surface area (Å²) < 4.78 is 0. The summed E-state index contributed by atoms with van der Waals surface area (Å²) in [4.78, 5) is 17.8. The largest absolute Gasteiger partial charge is 0.296 e. The van der Waals surface area contributed by atoms with Crippen LogP contribution in [-0.2, 0) is 10.8 Å². The van der Waals surface area contributed by atoms with E-state index in [0.29, 0.717) is 35.3 Å². The van der Waals surface area contributed by atoms with E-state index in [4.69, 9.17) is 13.1 Å². The smallest absolute Gasteiger partial charge is 0.205 e. The molecule has 7 nitrogen and oxygen atoms in total.